The van der Waals surface area contributed by atoms with Gasteiger partial charge in [0.25, 0.3) is 0 Å². The van der Waals surface area contributed by atoms with Crippen LogP contribution < -0.4 is 0 Å². The van der Waals surface area contributed by atoms with Crippen molar-refractivity contribution in [1.29, 1.82) is 0 Å². The Morgan fingerprint density at radius 1 is 1.35 bits per heavy atom. The third-order valence-electron chi connectivity index (χ3n) is 4.43. The fourth-order valence-electron chi connectivity index (χ4n) is 3.20. The summed E-state index contributed by atoms with van der Waals surface area (Å²) in [6, 6.07) is 0. The molecule has 4 nitrogen and oxygen atoms in total. The lowest BCUT2D eigenvalue weighted by molar-refractivity contribution is -0.137. The molecule has 116 valence electrons. The number of hydrogen-bond acceptors (Lipinski definition) is 3. The minimum Gasteiger partial charge on any atom is -0.389 e. The number of ether oxygens (including phenoxy) is 1. The molecular formula is C16H29NO3. The van der Waals surface area contributed by atoms with Gasteiger partial charge in [-0.1, -0.05) is 33.1 Å². The predicted molar refractivity (Wildman–Crippen MR) is 78.4 cm³/mol. The molecule has 2 aliphatic rings. The van der Waals surface area contributed by atoms with Gasteiger partial charge in [0.15, 0.2) is 0 Å². The monoisotopic (exact) mass is 283 g/mol. The zero-order valence-corrected chi connectivity index (χ0v) is 12.9. The number of nitrogens with zero attached hydrogens (tertiary/aromatic N) is 1. The van der Waals surface area contributed by atoms with Gasteiger partial charge in [-0.3, -0.25) is 4.79 Å². The summed E-state index contributed by atoms with van der Waals surface area (Å²) in [5.41, 5.74) is -0.744. The van der Waals surface area contributed by atoms with Crippen LogP contribution in [-0.2, 0) is 9.53 Å². The Labute approximate surface area is 122 Å². The minimum atomic E-state index is -0.744. The van der Waals surface area contributed by atoms with Crippen molar-refractivity contribution in [1.82, 2.24) is 4.90 Å². The van der Waals surface area contributed by atoms with Gasteiger partial charge in [0, 0.05) is 19.7 Å². The van der Waals surface area contributed by atoms with Gasteiger partial charge < -0.3 is 14.7 Å². The summed E-state index contributed by atoms with van der Waals surface area (Å²) in [4.78, 5) is 14.2. The molecule has 1 saturated carbocycles. The van der Waals surface area contributed by atoms with Crippen molar-refractivity contribution in [3.63, 3.8) is 0 Å². The molecule has 1 atom stereocenters. The molecule has 1 aliphatic carbocycles. The Morgan fingerprint density at radius 3 is 2.70 bits per heavy atom. The topological polar surface area (TPSA) is 49.8 Å². The van der Waals surface area contributed by atoms with E-state index < -0.39 is 5.60 Å². The van der Waals surface area contributed by atoms with Crippen LogP contribution >= 0.6 is 0 Å². The lowest BCUT2D eigenvalue weighted by atomic mass is 9.82. The molecule has 1 heterocycles. The van der Waals surface area contributed by atoms with Crippen LogP contribution in [-0.4, -0.2) is 47.3 Å². The van der Waals surface area contributed by atoms with Crippen LogP contribution in [0.25, 0.3) is 0 Å². The van der Waals surface area contributed by atoms with Gasteiger partial charge in [0.05, 0.1) is 18.1 Å². The highest BCUT2D eigenvalue weighted by Gasteiger charge is 2.35. The molecule has 0 aromatic carbocycles. The van der Waals surface area contributed by atoms with Gasteiger partial charge >= 0.3 is 0 Å². The van der Waals surface area contributed by atoms with Crippen molar-refractivity contribution in [2.75, 3.05) is 19.7 Å². The molecule has 0 aromatic heterocycles. The average Bonchev–Trinajstić information content (AvgIpc) is 2.85. The fourth-order valence-corrected chi connectivity index (χ4v) is 3.20. The Bertz CT molecular complexity index is 324. The number of rotatable bonds is 5. The maximum absolute atomic E-state index is 12.3. The highest BCUT2D eigenvalue weighted by atomic mass is 16.5. The SMILES string of the molecule is CC(C)COC1CCN(C(=O)CC2(O)CCCCC2)C1. The van der Waals surface area contributed by atoms with Crippen molar-refractivity contribution in [3.8, 4) is 0 Å². The second-order valence-corrected chi connectivity index (χ2v) is 6.94. The average molecular weight is 283 g/mol. The van der Waals surface area contributed by atoms with Crippen LogP contribution in [0.5, 0.6) is 0 Å². The van der Waals surface area contributed by atoms with Crippen LogP contribution in [0.1, 0.15) is 58.8 Å². The molecule has 4 heteroatoms. The summed E-state index contributed by atoms with van der Waals surface area (Å²) in [6.07, 6.45) is 6.24. The van der Waals surface area contributed by atoms with Crippen LogP contribution in [0, 0.1) is 5.92 Å². The molecular weight excluding hydrogens is 254 g/mol. The van der Waals surface area contributed by atoms with Crippen molar-refractivity contribution >= 4 is 5.91 Å². The maximum atomic E-state index is 12.3. The first-order chi connectivity index (χ1) is 9.48. The largest absolute Gasteiger partial charge is 0.389 e. The van der Waals surface area contributed by atoms with Gasteiger partial charge in [-0.05, 0) is 25.2 Å². The smallest absolute Gasteiger partial charge is 0.225 e. The lowest BCUT2D eigenvalue weighted by Gasteiger charge is -2.32. The van der Waals surface area contributed by atoms with E-state index >= 15 is 0 Å². The van der Waals surface area contributed by atoms with E-state index in [2.05, 4.69) is 13.8 Å². The first-order valence-corrected chi connectivity index (χ1v) is 8.10. The van der Waals surface area contributed by atoms with Crippen molar-refractivity contribution in [2.45, 2.75) is 70.5 Å². The molecule has 1 N–H and O–H groups in total. The fraction of sp³-hybridized carbons (Fsp3) is 0.938. The Hall–Kier alpha value is -0.610. The summed E-state index contributed by atoms with van der Waals surface area (Å²) in [5.74, 6) is 0.632. The second kappa shape index (κ2) is 6.90. The molecule has 1 unspecified atom stereocenters. The van der Waals surface area contributed by atoms with E-state index in [1.165, 1.54) is 6.42 Å². The van der Waals surface area contributed by atoms with E-state index in [0.717, 1.165) is 45.3 Å². The van der Waals surface area contributed by atoms with E-state index in [1.807, 2.05) is 4.90 Å². The van der Waals surface area contributed by atoms with Crippen LogP contribution in [0.15, 0.2) is 0 Å². The minimum absolute atomic E-state index is 0.102. The number of aliphatic hydroxyl groups is 1. The van der Waals surface area contributed by atoms with Gasteiger partial charge in [-0.2, -0.15) is 0 Å². The van der Waals surface area contributed by atoms with Gasteiger partial charge in [-0.15, -0.1) is 0 Å². The van der Waals surface area contributed by atoms with E-state index in [-0.39, 0.29) is 12.0 Å². The summed E-state index contributed by atoms with van der Waals surface area (Å²) < 4.78 is 5.80. The summed E-state index contributed by atoms with van der Waals surface area (Å²) >= 11 is 0. The molecule has 2 rings (SSSR count). The van der Waals surface area contributed by atoms with Crippen molar-refractivity contribution < 1.29 is 14.6 Å². The molecule has 1 amide bonds. The number of hydrogen-bond donors (Lipinski definition) is 1. The Morgan fingerprint density at radius 2 is 2.05 bits per heavy atom. The van der Waals surface area contributed by atoms with Gasteiger partial charge in [0.2, 0.25) is 5.91 Å². The number of likely N-dealkylation sites (tertiary alicyclic amines) is 1. The molecule has 0 bridgehead atoms. The van der Waals surface area contributed by atoms with Crippen molar-refractivity contribution in [3.05, 3.63) is 0 Å². The van der Waals surface area contributed by atoms with Gasteiger partial charge in [-0.25, -0.2) is 0 Å². The van der Waals surface area contributed by atoms with Crippen LogP contribution in [0.2, 0.25) is 0 Å². The Kier molecular flexibility index (Phi) is 5.44. The second-order valence-electron chi connectivity index (χ2n) is 6.94. The maximum Gasteiger partial charge on any atom is 0.225 e. The van der Waals surface area contributed by atoms with E-state index in [9.17, 15) is 9.90 Å². The zero-order chi connectivity index (χ0) is 14.6. The number of carbonyl (C=O) groups is 1. The number of carbonyl (C=O) groups excluding carboxylic acids is 1. The highest BCUT2D eigenvalue weighted by Crippen LogP contribution is 2.31. The summed E-state index contributed by atoms with van der Waals surface area (Å²) in [7, 11) is 0. The molecule has 2 fully saturated rings. The summed E-state index contributed by atoms with van der Waals surface area (Å²) in [6.45, 7) is 6.50. The third kappa shape index (κ3) is 4.45. The first kappa shape index (κ1) is 15.8. The zero-order valence-electron chi connectivity index (χ0n) is 12.9. The summed E-state index contributed by atoms with van der Waals surface area (Å²) in [5, 5.41) is 10.5. The standard InChI is InChI=1S/C16H29NO3/c1-13(2)12-20-14-6-9-17(11-14)15(18)10-16(19)7-4-3-5-8-16/h13-14,19H,3-12H2,1-2H3. The van der Waals surface area contributed by atoms with E-state index in [4.69, 9.17) is 4.74 Å². The quantitative estimate of drug-likeness (QED) is 0.842. The van der Waals surface area contributed by atoms with Gasteiger partial charge in [0.1, 0.15) is 0 Å². The lowest BCUT2D eigenvalue weighted by Crippen LogP contribution is -2.40. The third-order valence-corrected chi connectivity index (χ3v) is 4.43. The predicted octanol–water partition coefficient (Wildman–Crippen LogP) is 2.35. The molecule has 20 heavy (non-hydrogen) atoms. The van der Waals surface area contributed by atoms with E-state index in [1.54, 1.807) is 0 Å². The van der Waals surface area contributed by atoms with Crippen LogP contribution in [0.4, 0.5) is 0 Å². The first-order valence-electron chi connectivity index (χ1n) is 8.10. The highest BCUT2D eigenvalue weighted by molar-refractivity contribution is 5.77. The Balaban J connectivity index is 1.76. The normalized spacial score (nSPS) is 26.2. The van der Waals surface area contributed by atoms with Crippen LogP contribution in [0.3, 0.4) is 0 Å². The molecule has 1 aliphatic heterocycles. The molecule has 0 radical (unpaired) electrons. The molecule has 0 spiro atoms. The van der Waals surface area contributed by atoms with E-state index in [0.29, 0.717) is 18.9 Å². The molecule has 1 saturated heterocycles. The van der Waals surface area contributed by atoms with Crippen molar-refractivity contribution in [2.24, 2.45) is 5.92 Å². The number of amides is 1. The molecule has 0 aromatic rings.